The van der Waals surface area contributed by atoms with Crippen LogP contribution < -0.4 is 20.3 Å². The lowest BCUT2D eigenvalue weighted by Gasteiger charge is -2.20. The number of ether oxygens (including phenoxy) is 1. The van der Waals surface area contributed by atoms with Gasteiger partial charge in [0.2, 0.25) is 5.91 Å². The van der Waals surface area contributed by atoms with Crippen LogP contribution in [0.15, 0.2) is 48.5 Å². The molecule has 0 bridgehead atoms. The van der Waals surface area contributed by atoms with Crippen molar-refractivity contribution in [1.82, 2.24) is 5.32 Å². The van der Waals surface area contributed by atoms with Crippen LogP contribution in [0.1, 0.15) is 32.4 Å². The average molecular weight is 355 g/mol. The molecule has 5 heteroatoms. The fourth-order valence-corrected chi connectivity index (χ4v) is 2.66. The molecule has 2 N–H and O–H groups in total. The van der Waals surface area contributed by atoms with E-state index in [4.69, 9.17) is 4.74 Å². The third-order valence-electron chi connectivity index (χ3n) is 4.24. The van der Waals surface area contributed by atoms with Crippen molar-refractivity contribution in [3.8, 4) is 5.75 Å². The van der Waals surface area contributed by atoms with Gasteiger partial charge in [-0.25, -0.2) is 0 Å². The van der Waals surface area contributed by atoms with Gasteiger partial charge in [0.05, 0.1) is 12.6 Å². The van der Waals surface area contributed by atoms with Gasteiger partial charge in [0.1, 0.15) is 5.75 Å². The van der Waals surface area contributed by atoms with Crippen molar-refractivity contribution in [1.29, 1.82) is 0 Å². The van der Waals surface area contributed by atoms with Gasteiger partial charge in [-0.05, 0) is 62.7 Å². The number of carbonyl (C=O) groups excluding carboxylic acids is 1. The Labute approximate surface area is 156 Å². The van der Waals surface area contributed by atoms with Gasteiger partial charge in [0.25, 0.3) is 0 Å². The summed E-state index contributed by atoms with van der Waals surface area (Å²) in [7, 11) is 3.98. The molecule has 0 spiro atoms. The third-order valence-corrected chi connectivity index (χ3v) is 4.24. The average Bonchev–Trinajstić information content (AvgIpc) is 2.63. The largest absolute Gasteiger partial charge is 0.494 e. The molecule has 2 aromatic carbocycles. The monoisotopic (exact) mass is 355 g/mol. The molecule has 0 saturated carbocycles. The molecule has 26 heavy (non-hydrogen) atoms. The summed E-state index contributed by atoms with van der Waals surface area (Å²) < 4.78 is 5.46. The van der Waals surface area contributed by atoms with E-state index in [1.165, 1.54) is 0 Å². The molecule has 0 aliphatic heterocycles. The van der Waals surface area contributed by atoms with Gasteiger partial charge in [0.15, 0.2) is 0 Å². The predicted octanol–water partition coefficient (Wildman–Crippen LogP) is 3.83. The van der Waals surface area contributed by atoms with E-state index in [0.29, 0.717) is 6.61 Å². The first kappa shape index (κ1) is 19.8. The van der Waals surface area contributed by atoms with Gasteiger partial charge in [-0.2, -0.15) is 0 Å². The van der Waals surface area contributed by atoms with Gasteiger partial charge in [-0.3, -0.25) is 10.1 Å². The summed E-state index contributed by atoms with van der Waals surface area (Å²) in [6.07, 6.45) is 0. The highest BCUT2D eigenvalue weighted by atomic mass is 16.5. The van der Waals surface area contributed by atoms with E-state index < -0.39 is 0 Å². The van der Waals surface area contributed by atoms with Crippen LogP contribution in [0.2, 0.25) is 0 Å². The Morgan fingerprint density at radius 3 is 2.19 bits per heavy atom. The quantitative estimate of drug-likeness (QED) is 0.756. The Morgan fingerprint density at radius 2 is 1.65 bits per heavy atom. The lowest BCUT2D eigenvalue weighted by molar-refractivity contribution is -0.117. The number of benzene rings is 2. The molecular weight excluding hydrogens is 326 g/mol. The minimum Gasteiger partial charge on any atom is -0.494 e. The van der Waals surface area contributed by atoms with Gasteiger partial charge < -0.3 is 15.0 Å². The van der Waals surface area contributed by atoms with Crippen LogP contribution in [0.25, 0.3) is 0 Å². The zero-order valence-corrected chi connectivity index (χ0v) is 16.2. The molecule has 2 unspecified atom stereocenters. The van der Waals surface area contributed by atoms with E-state index in [1.807, 2.05) is 88.3 Å². The van der Waals surface area contributed by atoms with Crippen molar-refractivity contribution in [2.24, 2.45) is 0 Å². The SMILES string of the molecule is CCOc1ccc(C(C)NC(C)C(=O)Nc2ccc(N(C)C)cc2)cc1. The number of amides is 1. The van der Waals surface area contributed by atoms with Crippen LogP contribution in [-0.2, 0) is 4.79 Å². The van der Waals surface area contributed by atoms with Crippen molar-refractivity contribution in [2.45, 2.75) is 32.9 Å². The van der Waals surface area contributed by atoms with E-state index >= 15 is 0 Å². The second-order valence-corrected chi connectivity index (χ2v) is 6.54. The van der Waals surface area contributed by atoms with Gasteiger partial charge in [-0.1, -0.05) is 12.1 Å². The number of nitrogens with zero attached hydrogens (tertiary/aromatic N) is 1. The molecule has 0 aliphatic rings. The summed E-state index contributed by atoms with van der Waals surface area (Å²) in [5.41, 5.74) is 3.00. The first-order valence-corrected chi connectivity index (χ1v) is 8.97. The van der Waals surface area contributed by atoms with Gasteiger partial charge in [-0.15, -0.1) is 0 Å². The summed E-state index contributed by atoms with van der Waals surface area (Å²) in [4.78, 5) is 14.5. The van der Waals surface area contributed by atoms with E-state index in [-0.39, 0.29) is 18.0 Å². The lowest BCUT2D eigenvalue weighted by atomic mass is 10.1. The fourth-order valence-electron chi connectivity index (χ4n) is 2.66. The van der Waals surface area contributed by atoms with Crippen molar-refractivity contribution < 1.29 is 9.53 Å². The summed E-state index contributed by atoms with van der Waals surface area (Å²) in [5, 5.41) is 6.29. The van der Waals surface area contributed by atoms with Crippen LogP contribution in [0.5, 0.6) is 5.75 Å². The van der Waals surface area contributed by atoms with Crippen LogP contribution >= 0.6 is 0 Å². The molecule has 0 fully saturated rings. The Balaban J connectivity index is 1.91. The molecule has 0 heterocycles. The van der Waals surface area contributed by atoms with Crippen molar-refractivity contribution in [2.75, 3.05) is 30.9 Å². The molecule has 140 valence electrons. The molecule has 2 rings (SSSR count). The topological polar surface area (TPSA) is 53.6 Å². The first-order chi connectivity index (χ1) is 12.4. The summed E-state index contributed by atoms with van der Waals surface area (Å²) >= 11 is 0. The Hall–Kier alpha value is -2.53. The second kappa shape index (κ2) is 9.25. The maximum atomic E-state index is 12.4. The van der Waals surface area contributed by atoms with Crippen molar-refractivity contribution in [3.05, 3.63) is 54.1 Å². The number of hydrogen-bond acceptors (Lipinski definition) is 4. The number of carbonyl (C=O) groups is 1. The Bertz CT molecular complexity index is 696. The normalized spacial score (nSPS) is 13.0. The number of hydrogen-bond donors (Lipinski definition) is 2. The summed E-state index contributed by atoms with van der Waals surface area (Å²) in [6, 6.07) is 15.5. The summed E-state index contributed by atoms with van der Waals surface area (Å²) in [5.74, 6) is 0.802. The van der Waals surface area contributed by atoms with Crippen LogP contribution in [-0.4, -0.2) is 32.7 Å². The number of nitrogens with one attached hydrogen (secondary N) is 2. The van der Waals surface area contributed by atoms with Crippen molar-refractivity contribution >= 4 is 17.3 Å². The molecule has 2 aromatic rings. The zero-order valence-electron chi connectivity index (χ0n) is 16.2. The lowest BCUT2D eigenvalue weighted by Crippen LogP contribution is -2.39. The fraction of sp³-hybridized carbons (Fsp3) is 0.381. The minimum atomic E-state index is -0.315. The highest BCUT2D eigenvalue weighted by Gasteiger charge is 2.16. The maximum Gasteiger partial charge on any atom is 0.241 e. The number of anilines is 2. The molecule has 0 aliphatic carbocycles. The highest BCUT2D eigenvalue weighted by molar-refractivity contribution is 5.94. The number of rotatable bonds is 8. The Morgan fingerprint density at radius 1 is 1.04 bits per heavy atom. The van der Waals surface area contributed by atoms with Crippen LogP contribution in [0, 0.1) is 0 Å². The van der Waals surface area contributed by atoms with Crippen LogP contribution in [0.4, 0.5) is 11.4 Å². The molecule has 5 nitrogen and oxygen atoms in total. The molecule has 0 radical (unpaired) electrons. The molecule has 1 amide bonds. The van der Waals surface area contributed by atoms with Crippen molar-refractivity contribution in [3.63, 3.8) is 0 Å². The first-order valence-electron chi connectivity index (χ1n) is 8.97. The van der Waals surface area contributed by atoms with Gasteiger partial charge >= 0.3 is 0 Å². The molecule has 0 aromatic heterocycles. The predicted molar refractivity (Wildman–Crippen MR) is 108 cm³/mol. The zero-order chi connectivity index (χ0) is 19.1. The maximum absolute atomic E-state index is 12.4. The smallest absolute Gasteiger partial charge is 0.241 e. The third kappa shape index (κ3) is 5.49. The van der Waals surface area contributed by atoms with E-state index in [9.17, 15) is 4.79 Å². The standard InChI is InChI=1S/C21H29N3O2/c1-6-26-20-13-7-17(8-14-20)15(2)22-16(3)21(25)23-18-9-11-19(12-10-18)24(4)5/h7-16,22H,6H2,1-5H3,(H,23,25). The van der Waals surface area contributed by atoms with E-state index in [2.05, 4.69) is 10.6 Å². The second-order valence-electron chi connectivity index (χ2n) is 6.54. The van der Waals surface area contributed by atoms with E-state index in [1.54, 1.807) is 0 Å². The summed E-state index contributed by atoms with van der Waals surface area (Å²) in [6.45, 7) is 6.53. The Kier molecular flexibility index (Phi) is 7.04. The van der Waals surface area contributed by atoms with Gasteiger partial charge in [0, 0.05) is 31.5 Å². The van der Waals surface area contributed by atoms with E-state index in [0.717, 1.165) is 22.7 Å². The highest BCUT2D eigenvalue weighted by Crippen LogP contribution is 2.19. The minimum absolute atomic E-state index is 0.0552. The van der Waals surface area contributed by atoms with Crippen LogP contribution in [0.3, 0.4) is 0 Å². The molecule has 2 atom stereocenters. The molecular formula is C21H29N3O2. The molecule has 0 saturated heterocycles.